The average molecular weight is 310 g/mol. The minimum atomic E-state index is -3.75. The standard InChI is InChI=1S/C9H18N4O4S2/c1-4-8-10-7-9(12-8)19(16,17)11-5-6-18(14,15)13(2)3/h7,11H,4-6H2,1-3H3,(H,10,12). The van der Waals surface area contributed by atoms with Crippen LogP contribution in [0.25, 0.3) is 0 Å². The Morgan fingerprint density at radius 1 is 1.32 bits per heavy atom. The molecule has 10 heteroatoms. The molecular weight excluding hydrogens is 292 g/mol. The molecule has 0 saturated heterocycles. The first-order valence-corrected chi connectivity index (χ1v) is 8.72. The van der Waals surface area contributed by atoms with E-state index in [1.165, 1.54) is 20.3 Å². The number of hydrogen-bond acceptors (Lipinski definition) is 5. The van der Waals surface area contributed by atoms with E-state index in [4.69, 9.17) is 0 Å². The largest absolute Gasteiger partial charge is 0.332 e. The van der Waals surface area contributed by atoms with Gasteiger partial charge in [0.15, 0.2) is 5.03 Å². The molecule has 0 fully saturated rings. The molecule has 0 aliphatic carbocycles. The maximum absolute atomic E-state index is 11.8. The van der Waals surface area contributed by atoms with E-state index in [9.17, 15) is 16.8 Å². The fraction of sp³-hybridized carbons (Fsp3) is 0.667. The Morgan fingerprint density at radius 3 is 2.42 bits per heavy atom. The highest BCUT2D eigenvalue weighted by Gasteiger charge is 2.19. The fourth-order valence-electron chi connectivity index (χ4n) is 1.22. The van der Waals surface area contributed by atoms with Crippen molar-refractivity contribution in [2.75, 3.05) is 26.4 Å². The highest BCUT2D eigenvalue weighted by molar-refractivity contribution is 7.90. The summed E-state index contributed by atoms with van der Waals surface area (Å²) < 4.78 is 49.9. The fourth-order valence-corrected chi connectivity index (χ4v) is 3.05. The Balaban J connectivity index is 2.67. The number of sulfonamides is 2. The number of aromatic amines is 1. The molecule has 0 aromatic carbocycles. The van der Waals surface area contributed by atoms with Crippen molar-refractivity contribution in [2.45, 2.75) is 18.4 Å². The molecule has 8 nitrogen and oxygen atoms in total. The molecule has 1 rings (SSSR count). The zero-order valence-electron chi connectivity index (χ0n) is 11.0. The van der Waals surface area contributed by atoms with E-state index in [0.29, 0.717) is 12.2 Å². The summed E-state index contributed by atoms with van der Waals surface area (Å²) in [5.74, 6) is 0.259. The lowest BCUT2D eigenvalue weighted by molar-refractivity contribution is 0.519. The van der Waals surface area contributed by atoms with Gasteiger partial charge in [0.05, 0.1) is 11.9 Å². The Morgan fingerprint density at radius 2 is 1.95 bits per heavy atom. The van der Waals surface area contributed by atoms with Crippen LogP contribution in [0.1, 0.15) is 12.7 Å². The third-order valence-electron chi connectivity index (χ3n) is 2.44. The lowest BCUT2D eigenvalue weighted by Gasteiger charge is -2.11. The molecule has 110 valence electrons. The highest BCUT2D eigenvalue weighted by Crippen LogP contribution is 2.05. The molecule has 1 aromatic heterocycles. The van der Waals surface area contributed by atoms with Gasteiger partial charge in [0.2, 0.25) is 10.0 Å². The zero-order valence-corrected chi connectivity index (χ0v) is 12.7. The molecule has 0 unspecified atom stereocenters. The van der Waals surface area contributed by atoms with Crippen molar-refractivity contribution in [1.82, 2.24) is 19.0 Å². The van der Waals surface area contributed by atoms with Gasteiger partial charge in [0.1, 0.15) is 5.82 Å². The predicted octanol–water partition coefficient (Wildman–Crippen LogP) is -0.858. The van der Waals surface area contributed by atoms with Crippen LogP contribution in [0.3, 0.4) is 0 Å². The predicted molar refractivity (Wildman–Crippen MR) is 70.6 cm³/mol. The molecule has 0 atom stereocenters. The molecule has 0 radical (unpaired) electrons. The number of imidazole rings is 1. The van der Waals surface area contributed by atoms with Gasteiger partial charge in [-0.1, -0.05) is 6.92 Å². The first-order valence-electron chi connectivity index (χ1n) is 5.63. The maximum atomic E-state index is 11.8. The van der Waals surface area contributed by atoms with Crippen molar-refractivity contribution in [3.8, 4) is 0 Å². The normalized spacial score (nSPS) is 13.1. The van der Waals surface area contributed by atoms with Crippen LogP contribution in [0.4, 0.5) is 0 Å². The summed E-state index contributed by atoms with van der Waals surface area (Å²) in [6.45, 7) is 1.65. The topological polar surface area (TPSA) is 112 Å². The van der Waals surface area contributed by atoms with Crippen molar-refractivity contribution < 1.29 is 16.8 Å². The lowest BCUT2D eigenvalue weighted by atomic mass is 10.5. The van der Waals surface area contributed by atoms with Crippen LogP contribution < -0.4 is 4.72 Å². The molecule has 0 bridgehead atoms. The molecule has 1 heterocycles. The van der Waals surface area contributed by atoms with Crippen LogP contribution >= 0.6 is 0 Å². The van der Waals surface area contributed by atoms with Gasteiger partial charge in [-0.3, -0.25) is 0 Å². The van der Waals surface area contributed by atoms with Crippen molar-refractivity contribution in [3.05, 3.63) is 12.0 Å². The van der Waals surface area contributed by atoms with Crippen LogP contribution in [0.5, 0.6) is 0 Å². The summed E-state index contributed by atoms with van der Waals surface area (Å²) in [7, 11) is -4.38. The summed E-state index contributed by atoms with van der Waals surface area (Å²) in [5.41, 5.74) is 0. The number of nitrogens with zero attached hydrogens (tertiary/aromatic N) is 2. The minimum absolute atomic E-state index is 0.0633. The molecule has 0 aliphatic heterocycles. The number of nitrogens with one attached hydrogen (secondary N) is 2. The van der Waals surface area contributed by atoms with E-state index in [1.807, 2.05) is 6.92 Å². The summed E-state index contributed by atoms with van der Waals surface area (Å²) in [6, 6.07) is 0. The second-order valence-electron chi connectivity index (χ2n) is 4.04. The lowest BCUT2D eigenvalue weighted by Crippen LogP contribution is -2.34. The number of aromatic nitrogens is 2. The summed E-state index contributed by atoms with van der Waals surface area (Å²) >= 11 is 0. The minimum Gasteiger partial charge on any atom is -0.332 e. The van der Waals surface area contributed by atoms with Crippen molar-refractivity contribution in [1.29, 1.82) is 0 Å². The molecule has 1 aromatic rings. The van der Waals surface area contributed by atoms with E-state index < -0.39 is 20.0 Å². The molecule has 2 N–H and O–H groups in total. The van der Waals surface area contributed by atoms with Gasteiger partial charge in [-0.15, -0.1) is 0 Å². The van der Waals surface area contributed by atoms with Gasteiger partial charge in [0, 0.05) is 27.1 Å². The van der Waals surface area contributed by atoms with E-state index >= 15 is 0 Å². The van der Waals surface area contributed by atoms with Crippen molar-refractivity contribution in [2.24, 2.45) is 0 Å². The molecule has 0 aliphatic rings. The third-order valence-corrected chi connectivity index (χ3v) is 5.64. The Labute approximate surface area is 113 Å². The average Bonchev–Trinajstić information content (AvgIpc) is 2.77. The van der Waals surface area contributed by atoms with Gasteiger partial charge >= 0.3 is 0 Å². The molecular formula is C9H18N4O4S2. The number of rotatable bonds is 7. The number of hydrogen-bond donors (Lipinski definition) is 2. The SMILES string of the molecule is CCc1ncc(S(=O)(=O)NCCS(=O)(=O)N(C)C)[nH]1. The third kappa shape index (κ3) is 4.27. The quantitative estimate of drug-likeness (QED) is 0.680. The van der Waals surface area contributed by atoms with E-state index in [1.54, 1.807) is 0 Å². The first-order chi connectivity index (χ1) is 8.69. The number of aryl methyl sites for hydroxylation is 1. The van der Waals surface area contributed by atoms with Crippen LogP contribution in [-0.2, 0) is 26.5 Å². The Hall–Kier alpha value is -0.970. The van der Waals surface area contributed by atoms with Gasteiger partial charge in [0.25, 0.3) is 10.0 Å². The first kappa shape index (κ1) is 16.1. The molecule has 0 amide bonds. The smallest absolute Gasteiger partial charge is 0.257 e. The molecule has 0 saturated carbocycles. The second-order valence-corrected chi connectivity index (χ2v) is 8.08. The summed E-state index contributed by atoms with van der Waals surface area (Å²) in [6.07, 6.45) is 1.80. The Bertz CT molecular complexity index is 618. The van der Waals surface area contributed by atoms with E-state index in [0.717, 1.165) is 4.31 Å². The van der Waals surface area contributed by atoms with Gasteiger partial charge in [-0.2, -0.15) is 0 Å². The van der Waals surface area contributed by atoms with Gasteiger partial charge < -0.3 is 4.98 Å². The maximum Gasteiger partial charge on any atom is 0.257 e. The van der Waals surface area contributed by atoms with Crippen LogP contribution in [0, 0.1) is 0 Å². The monoisotopic (exact) mass is 310 g/mol. The zero-order chi connectivity index (χ0) is 14.7. The van der Waals surface area contributed by atoms with Crippen LogP contribution in [0.15, 0.2) is 11.2 Å². The molecule has 0 spiro atoms. The number of H-pyrrole nitrogens is 1. The van der Waals surface area contributed by atoms with Crippen LogP contribution in [-0.4, -0.2) is 57.5 Å². The summed E-state index contributed by atoms with van der Waals surface area (Å²) in [5, 5.41) is -0.0633. The van der Waals surface area contributed by atoms with E-state index in [2.05, 4.69) is 14.7 Å². The van der Waals surface area contributed by atoms with Gasteiger partial charge in [-0.05, 0) is 0 Å². The van der Waals surface area contributed by atoms with Crippen molar-refractivity contribution >= 4 is 20.0 Å². The van der Waals surface area contributed by atoms with E-state index in [-0.39, 0.29) is 17.3 Å². The van der Waals surface area contributed by atoms with Crippen LogP contribution in [0.2, 0.25) is 0 Å². The molecule has 19 heavy (non-hydrogen) atoms. The Kier molecular flexibility index (Phi) is 5.07. The van der Waals surface area contributed by atoms with Crippen molar-refractivity contribution in [3.63, 3.8) is 0 Å². The van der Waals surface area contributed by atoms with Gasteiger partial charge in [-0.25, -0.2) is 30.8 Å². The summed E-state index contributed by atoms with van der Waals surface area (Å²) in [4.78, 5) is 6.54. The highest BCUT2D eigenvalue weighted by atomic mass is 32.2. The second kappa shape index (κ2) is 5.99.